The number of alkyl halides is 2. The predicted octanol–water partition coefficient (Wildman–Crippen LogP) is -2.39. The summed E-state index contributed by atoms with van der Waals surface area (Å²) in [5.41, 5.74) is 9.42. The molecule has 0 spiro atoms. The highest BCUT2D eigenvalue weighted by molar-refractivity contribution is 7.89. The Morgan fingerprint density at radius 1 is 1.00 bits per heavy atom. The molecule has 0 aliphatic carbocycles. The number of nitrogens with one attached hydrogen (secondary N) is 4. The van der Waals surface area contributed by atoms with Gasteiger partial charge in [0.1, 0.15) is 6.17 Å². The van der Waals surface area contributed by atoms with Crippen molar-refractivity contribution in [3.05, 3.63) is 0 Å². The number of halogens is 2. The van der Waals surface area contributed by atoms with E-state index < -0.39 is 45.6 Å². The fourth-order valence-corrected chi connectivity index (χ4v) is 9.99. The van der Waals surface area contributed by atoms with Gasteiger partial charge in [-0.15, -0.1) is 11.6 Å². The molecule has 2 bridgehead atoms. The number of hydrogen-bond acceptors (Lipinski definition) is 10. The molecule has 7 rings (SSSR count). The molecule has 0 saturated carbocycles. The van der Waals surface area contributed by atoms with E-state index in [0.29, 0.717) is 52.1 Å². The molecule has 6 N–H and O–H groups in total. The summed E-state index contributed by atoms with van der Waals surface area (Å²) < 4.78 is 44.5. The van der Waals surface area contributed by atoms with Gasteiger partial charge in [0, 0.05) is 45.3 Å². The van der Waals surface area contributed by atoms with E-state index in [9.17, 15) is 13.2 Å². The maximum Gasteiger partial charge on any atom is 0.229 e. The first kappa shape index (κ1) is 28.4. The number of piperidine rings is 3. The zero-order valence-corrected chi connectivity index (χ0v) is 23.9. The second-order valence-corrected chi connectivity index (χ2v) is 14.8. The fraction of sp³-hybridized carbons (Fsp3) is 0.958. The van der Waals surface area contributed by atoms with Gasteiger partial charge in [-0.25, -0.2) is 23.2 Å². The topological polar surface area (TPSA) is 138 Å². The molecule has 7 saturated heterocycles. The number of nitrogens with two attached hydrogens (primary N) is 1. The number of likely N-dealkylation sites (tertiary alicyclic amines) is 1. The highest BCUT2D eigenvalue weighted by Crippen LogP contribution is 2.31. The van der Waals surface area contributed by atoms with Crippen molar-refractivity contribution in [2.75, 3.05) is 65.4 Å². The van der Waals surface area contributed by atoms with Gasteiger partial charge in [0.2, 0.25) is 15.9 Å². The van der Waals surface area contributed by atoms with Crippen LogP contribution in [0.25, 0.3) is 0 Å². The minimum Gasteiger partial charge on any atom is -0.350 e. The van der Waals surface area contributed by atoms with E-state index in [4.69, 9.17) is 17.3 Å². The molecule has 1 amide bonds. The van der Waals surface area contributed by atoms with Crippen LogP contribution in [-0.2, 0) is 14.8 Å². The summed E-state index contributed by atoms with van der Waals surface area (Å²) in [7, 11) is -3.41. The molecule has 222 valence electrons. The molecule has 15 heteroatoms. The average Bonchev–Trinajstić information content (AvgIpc) is 3.04. The molecule has 7 heterocycles. The fourth-order valence-electron chi connectivity index (χ4n) is 7.60. The van der Waals surface area contributed by atoms with Gasteiger partial charge in [-0.2, -0.15) is 4.31 Å². The standard InChI is InChI=1S/C24H43ClFN9O3S/c25-15-11-29-23-20(22(27)31-34(23)14-15)24(36)30-19-13-28-12-18(26)21(19)33-7-3-17(4-8-33)39(37,38)35-10-9-32-5-1-16(35)2-6-32/h15-23,28-29,31H,1-14,27H2,(H,30,36). The van der Waals surface area contributed by atoms with Gasteiger partial charge in [0.05, 0.1) is 41.0 Å². The summed E-state index contributed by atoms with van der Waals surface area (Å²) in [6, 6.07) is -0.865. The minimum absolute atomic E-state index is 0.0825. The number of hydrogen-bond donors (Lipinski definition) is 5. The van der Waals surface area contributed by atoms with Crippen LogP contribution in [0.1, 0.15) is 25.7 Å². The summed E-state index contributed by atoms with van der Waals surface area (Å²) in [4.78, 5) is 17.9. The van der Waals surface area contributed by atoms with Crippen LogP contribution < -0.4 is 27.1 Å². The van der Waals surface area contributed by atoms with Crippen molar-refractivity contribution in [1.82, 2.24) is 40.5 Å². The lowest BCUT2D eigenvalue weighted by Gasteiger charge is -2.46. The highest BCUT2D eigenvalue weighted by Gasteiger charge is 2.49. The van der Waals surface area contributed by atoms with Gasteiger partial charge < -0.3 is 21.3 Å². The number of carbonyl (C=O) groups excluding carboxylic acids is 1. The van der Waals surface area contributed by atoms with Crippen molar-refractivity contribution >= 4 is 27.5 Å². The molecule has 7 aliphatic heterocycles. The first-order valence-corrected chi connectivity index (χ1v) is 16.4. The maximum absolute atomic E-state index is 15.4. The Balaban J connectivity index is 1.09. The molecule has 0 aromatic rings. The molecule has 0 radical (unpaired) electrons. The van der Waals surface area contributed by atoms with E-state index in [1.165, 1.54) is 0 Å². The minimum atomic E-state index is -3.41. The summed E-state index contributed by atoms with van der Waals surface area (Å²) in [6.07, 6.45) is 0.724. The third kappa shape index (κ3) is 5.58. The van der Waals surface area contributed by atoms with Crippen molar-refractivity contribution in [2.24, 2.45) is 11.7 Å². The Morgan fingerprint density at radius 3 is 2.49 bits per heavy atom. The van der Waals surface area contributed by atoms with E-state index in [0.717, 1.165) is 32.5 Å². The maximum atomic E-state index is 15.4. The first-order valence-electron chi connectivity index (χ1n) is 14.5. The van der Waals surface area contributed by atoms with Gasteiger partial charge in [0.25, 0.3) is 0 Å². The van der Waals surface area contributed by atoms with Crippen LogP contribution in [0.4, 0.5) is 4.39 Å². The zero-order valence-electron chi connectivity index (χ0n) is 22.4. The third-order valence-electron chi connectivity index (χ3n) is 9.69. The molecular formula is C24H43ClFN9O3S. The normalized spacial score (nSPS) is 43.2. The van der Waals surface area contributed by atoms with Gasteiger partial charge in [-0.1, -0.05) is 0 Å². The van der Waals surface area contributed by atoms with Crippen LogP contribution in [0.2, 0.25) is 0 Å². The van der Waals surface area contributed by atoms with Crippen LogP contribution in [0.15, 0.2) is 0 Å². The molecule has 7 unspecified atom stereocenters. The Bertz CT molecular complexity index is 997. The van der Waals surface area contributed by atoms with Gasteiger partial charge in [-0.05, 0) is 51.9 Å². The SMILES string of the molecule is NC1NN2CC(Cl)CNC2C1C(=O)NC1CNCC(F)C1N1CCC(S(=O)(=O)N2CCN3CCC2CC3)CC1. The molecule has 0 aromatic carbocycles. The molecule has 7 atom stereocenters. The van der Waals surface area contributed by atoms with Crippen LogP contribution in [0.5, 0.6) is 0 Å². The van der Waals surface area contributed by atoms with Gasteiger partial charge in [0.15, 0.2) is 0 Å². The lowest BCUT2D eigenvalue weighted by atomic mass is 9.93. The van der Waals surface area contributed by atoms with Crippen LogP contribution in [0, 0.1) is 5.92 Å². The van der Waals surface area contributed by atoms with Crippen LogP contribution >= 0.6 is 11.6 Å². The third-order valence-corrected chi connectivity index (χ3v) is 12.4. The van der Waals surface area contributed by atoms with Gasteiger partial charge in [-0.3, -0.25) is 15.0 Å². The Morgan fingerprint density at radius 2 is 1.74 bits per heavy atom. The molecule has 0 aromatic heterocycles. The lowest BCUT2D eigenvalue weighted by Crippen LogP contribution is -2.67. The number of fused-ring (bicyclic) bond motifs is 5. The van der Waals surface area contributed by atoms with Crippen molar-refractivity contribution < 1.29 is 17.6 Å². The second-order valence-electron chi connectivity index (χ2n) is 12.0. The Kier molecular flexibility index (Phi) is 8.41. The van der Waals surface area contributed by atoms with Crippen LogP contribution in [0.3, 0.4) is 0 Å². The van der Waals surface area contributed by atoms with Gasteiger partial charge >= 0.3 is 0 Å². The quantitative estimate of drug-likeness (QED) is 0.220. The van der Waals surface area contributed by atoms with E-state index in [-0.39, 0.29) is 30.0 Å². The average molecular weight is 592 g/mol. The molecular weight excluding hydrogens is 549 g/mol. The molecule has 7 aliphatic rings. The van der Waals surface area contributed by atoms with Crippen molar-refractivity contribution in [2.45, 2.75) is 72.9 Å². The molecule has 39 heavy (non-hydrogen) atoms. The number of carbonyl (C=O) groups is 1. The monoisotopic (exact) mass is 591 g/mol. The van der Waals surface area contributed by atoms with Crippen molar-refractivity contribution in [1.29, 1.82) is 0 Å². The molecule has 7 fully saturated rings. The first-order chi connectivity index (χ1) is 18.7. The largest absolute Gasteiger partial charge is 0.350 e. The summed E-state index contributed by atoms with van der Waals surface area (Å²) in [5, 5.41) is 10.9. The molecule has 12 nitrogen and oxygen atoms in total. The predicted molar refractivity (Wildman–Crippen MR) is 146 cm³/mol. The Labute approximate surface area is 235 Å². The number of amides is 1. The highest BCUT2D eigenvalue weighted by atomic mass is 35.5. The van der Waals surface area contributed by atoms with E-state index in [1.807, 2.05) is 5.01 Å². The zero-order chi connectivity index (χ0) is 27.3. The Hall–Kier alpha value is -0.680. The van der Waals surface area contributed by atoms with Crippen molar-refractivity contribution in [3.8, 4) is 0 Å². The summed E-state index contributed by atoms with van der Waals surface area (Å²) in [6.45, 7) is 6.11. The summed E-state index contributed by atoms with van der Waals surface area (Å²) in [5.74, 6) is -0.774. The number of hydrazine groups is 1. The number of nitrogens with zero attached hydrogens (tertiary/aromatic N) is 4. The van der Waals surface area contributed by atoms with E-state index in [2.05, 4.69) is 31.2 Å². The number of rotatable bonds is 5. The second kappa shape index (κ2) is 11.5. The summed E-state index contributed by atoms with van der Waals surface area (Å²) >= 11 is 6.26. The van der Waals surface area contributed by atoms with Crippen molar-refractivity contribution in [3.63, 3.8) is 0 Å². The van der Waals surface area contributed by atoms with E-state index in [1.54, 1.807) is 4.31 Å². The van der Waals surface area contributed by atoms with Crippen LogP contribution in [-0.4, -0.2) is 146 Å². The van der Waals surface area contributed by atoms with E-state index >= 15 is 4.39 Å². The number of sulfonamides is 1. The smallest absolute Gasteiger partial charge is 0.229 e. The lowest BCUT2D eigenvalue weighted by molar-refractivity contribution is -0.128.